The molecule has 0 bridgehead atoms. The van der Waals surface area contributed by atoms with Crippen molar-refractivity contribution in [3.63, 3.8) is 0 Å². The number of esters is 1. The van der Waals surface area contributed by atoms with Crippen LogP contribution in [0.1, 0.15) is 39.0 Å². The first-order valence-electron chi connectivity index (χ1n) is 8.64. The Hall–Kier alpha value is -2.97. The molecule has 0 spiro atoms. The van der Waals surface area contributed by atoms with E-state index < -0.39 is 11.9 Å². The lowest BCUT2D eigenvalue weighted by Crippen LogP contribution is -2.19. The Morgan fingerprint density at radius 2 is 1.79 bits per heavy atom. The van der Waals surface area contributed by atoms with Crippen molar-refractivity contribution in [3.8, 4) is 5.95 Å². The second kappa shape index (κ2) is 8.59. The Kier molecular flexibility index (Phi) is 6.14. The van der Waals surface area contributed by atoms with Crippen LogP contribution in [0.5, 0.6) is 0 Å². The number of aromatic nitrogens is 4. The topological polar surface area (TPSA) is 99.0 Å². The number of rotatable bonds is 5. The number of ether oxygens (including phenoxy) is 1. The quantitative estimate of drug-likeness (QED) is 0.610. The van der Waals surface area contributed by atoms with E-state index in [1.54, 1.807) is 32.9 Å². The summed E-state index contributed by atoms with van der Waals surface area (Å²) in [6.45, 7) is 5.46. The number of hydrogen-bond donors (Lipinski definition) is 1. The molecule has 0 atom stereocenters. The predicted molar refractivity (Wildman–Crippen MR) is 109 cm³/mol. The minimum atomic E-state index is -0.638. The summed E-state index contributed by atoms with van der Waals surface area (Å²) in [6, 6.07) is 6.27. The van der Waals surface area contributed by atoms with Crippen molar-refractivity contribution in [1.29, 1.82) is 0 Å². The van der Waals surface area contributed by atoms with E-state index in [9.17, 15) is 9.59 Å². The fourth-order valence-corrected chi connectivity index (χ4v) is 3.12. The van der Waals surface area contributed by atoms with Crippen molar-refractivity contribution in [2.24, 2.45) is 0 Å². The summed E-state index contributed by atoms with van der Waals surface area (Å²) in [5, 5.41) is 7.41. The van der Waals surface area contributed by atoms with E-state index >= 15 is 0 Å². The molecule has 0 saturated heterocycles. The van der Waals surface area contributed by atoms with Crippen molar-refractivity contribution in [2.75, 3.05) is 11.9 Å². The van der Waals surface area contributed by atoms with Gasteiger partial charge in [0.15, 0.2) is 5.82 Å². The number of carbonyl (C=O) groups is 2. The molecule has 1 amide bonds. The fraction of sp³-hybridized carbons (Fsp3) is 0.211. The summed E-state index contributed by atoms with van der Waals surface area (Å²) < 4.78 is 6.34. The largest absolute Gasteiger partial charge is 0.462 e. The highest BCUT2D eigenvalue weighted by Crippen LogP contribution is 2.25. The molecule has 1 aromatic carbocycles. The van der Waals surface area contributed by atoms with Gasteiger partial charge in [0.25, 0.3) is 11.9 Å². The van der Waals surface area contributed by atoms with Gasteiger partial charge in [-0.1, -0.05) is 23.2 Å². The highest BCUT2D eigenvalue weighted by molar-refractivity contribution is 6.37. The van der Waals surface area contributed by atoms with Crippen molar-refractivity contribution in [1.82, 2.24) is 19.7 Å². The van der Waals surface area contributed by atoms with Gasteiger partial charge in [-0.15, -0.1) is 0 Å². The zero-order valence-corrected chi connectivity index (χ0v) is 17.4. The van der Waals surface area contributed by atoms with Crippen LogP contribution in [0.2, 0.25) is 10.0 Å². The molecule has 1 N–H and O–H groups in total. The number of hydrogen-bond acceptors (Lipinski definition) is 6. The lowest BCUT2D eigenvalue weighted by molar-refractivity contribution is 0.0527. The molecule has 0 fully saturated rings. The van der Waals surface area contributed by atoms with E-state index in [4.69, 9.17) is 27.9 Å². The number of nitrogens with zero attached hydrogens (tertiary/aromatic N) is 4. The van der Waals surface area contributed by atoms with E-state index in [0.29, 0.717) is 16.4 Å². The van der Waals surface area contributed by atoms with Gasteiger partial charge in [0.05, 0.1) is 23.4 Å². The van der Waals surface area contributed by atoms with Crippen molar-refractivity contribution in [2.45, 2.75) is 20.8 Å². The fourth-order valence-electron chi connectivity index (χ4n) is 2.63. The van der Waals surface area contributed by atoms with Gasteiger partial charge in [-0.2, -0.15) is 9.78 Å². The minimum Gasteiger partial charge on any atom is -0.462 e. The highest BCUT2D eigenvalue weighted by atomic mass is 35.5. The van der Waals surface area contributed by atoms with E-state index in [0.717, 1.165) is 0 Å². The van der Waals surface area contributed by atoms with Crippen LogP contribution in [0.15, 0.2) is 30.5 Å². The Bertz CT molecular complexity index is 1080. The summed E-state index contributed by atoms with van der Waals surface area (Å²) >= 11 is 12.0. The molecule has 3 aromatic rings. The molecular weight excluding hydrogens is 417 g/mol. The number of benzene rings is 1. The van der Waals surface area contributed by atoms with Gasteiger partial charge in [-0.05, 0) is 45.0 Å². The third kappa shape index (κ3) is 4.55. The second-order valence-electron chi connectivity index (χ2n) is 6.07. The van der Waals surface area contributed by atoms with Crippen LogP contribution in [0.25, 0.3) is 5.95 Å². The molecular formula is C19H17Cl2N5O3. The van der Waals surface area contributed by atoms with Crippen molar-refractivity contribution >= 4 is 40.9 Å². The molecule has 29 heavy (non-hydrogen) atoms. The second-order valence-corrected chi connectivity index (χ2v) is 6.91. The number of nitrogens with one attached hydrogen (secondary N) is 1. The van der Waals surface area contributed by atoms with Crippen LogP contribution in [-0.4, -0.2) is 38.2 Å². The molecule has 0 aliphatic carbocycles. The average molecular weight is 434 g/mol. The zero-order valence-electron chi connectivity index (χ0n) is 15.9. The summed E-state index contributed by atoms with van der Waals surface area (Å²) in [6.07, 6.45) is 1.29. The monoisotopic (exact) mass is 433 g/mol. The summed E-state index contributed by atoms with van der Waals surface area (Å²) in [5.74, 6) is -0.913. The SMILES string of the molecule is CCOC(=O)c1cnn(-c2nc(C)cc(C)n2)c1NC(=O)c1ccc(Cl)cc1Cl. The van der Waals surface area contributed by atoms with Crippen LogP contribution < -0.4 is 5.32 Å². The van der Waals surface area contributed by atoms with E-state index in [1.165, 1.54) is 23.0 Å². The van der Waals surface area contributed by atoms with Gasteiger partial charge < -0.3 is 10.1 Å². The third-order valence-corrected chi connectivity index (χ3v) is 4.38. The average Bonchev–Trinajstić information content (AvgIpc) is 3.04. The third-order valence-electron chi connectivity index (χ3n) is 3.83. The smallest absolute Gasteiger partial charge is 0.343 e. The maximum Gasteiger partial charge on any atom is 0.343 e. The lowest BCUT2D eigenvalue weighted by Gasteiger charge is -2.11. The molecule has 0 aliphatic heterocycles. The van der Waals surface area contributed by atoms with E-state index in [2.05, 4.69) is 20.4 Å². The highest BCUT2D eigenvalue weighted by Gasteiger charge is 2.24. The first-order chi connectivity index (χ1) is 13.8. The normalized spacial score (nSPS) is 10.7. The van der Waals surface area contributed by atoms with Gasteiger partial charge >= 0.3 is 5.97 Å². The van der Waals surface area contributed by atoms with Crippen LogP contribution in [0, 0.1) is 13.8 Å². The Morgan fingerprint density at radius 1 is 1.10 bits per heavy atom. The molecule has 0 aliphatic rings. The number of halogens is 2. The predicted octanol–water partition coefficient (Wildman–Crippen LogP) is 4.01. The van der Waals surface area contributed by atoms with Crippen LogP contribution in [0.4, 0.5) is 5.82 Å². The lowest BCUT2D eigenvalue weighted by atomic mass is 10.2. The molecule has 0 saturated carbocycles. The molecule has 0 radical (unpaired) electrons. The Morgan fingerprint density at radius 3 is 2.41 bits per heavy atom. The minimum absolute atomic E-state index is 0.0630. The summed E-state index contributed by atoms with van der Waals surface area (Å²) in [4.78, 5) is 33.9. The van der Waals surface area contributed by atoms with E-state index in [1.807, 2.05) is 0 Å². The van der Waals surface area contributed by atoms with Gasteiger partial charge in [0, 0.05) is 16.4 Å². The van der Waals surface area contributed by atoms with Crippen LogP contribution in [0.3, 0.4) is 0 Å². The van der Waals surface area contributed by atoms with Crippen LogP contribution in [-0.2, 0) is 4.74 Å². The Balaban J connectivity index is 2.07. The molecule has 150 valence electrons. The first kappa shape index (κ1) is 20.8. The van der Waals surface area contributed by atoms with Gasteiger partial charge in [0.2, 0.25) is 0 Å². The van der Waals surface area contributed by atoms with Crippen molar-refractivity contribution < 1.29 is 14.3 Å². The molecule has 0 unspecified atom stereocenters. The van der Waals surface area contributed by atoms with Gasteiger partial charge in [-0.25, -0.2) is 14.8 Å². The van der Waals surface area contributed by atoms with Crippen LogP contribution >= 0.6 is 23.2 Å². The zero-order chi connectivity index (χ0) is 21.1. The maximum atomic E-state index is 12.8. The number of anilines is 1. The molecule has 8 nitrogen and oxygen atoms in total. The maximum absolute atomic E-state index is 12.8. The summed E-state index contributed by atoms with van der Waals surface area (Å²) in [5.41, 5.74) is 1.66. The Labute approximate surface area is 176 Å². The standard InChI is InChI=1S/C19H17Cl2N5O3/c1-4-29-18(28)14-9-22-26(19-23-10(2)7-11(3)24-19)16(14)25-17(27)13-6-5-12(20)8-15(13)21/h5-9H,4H2,1-3H3,(H,25,27). The van der Waals surface area contributed by atoms with Gasteiger partial charge in [0.1, 0.15) is 5.56 Å². The molecule has 3 rings (SSSR count). The number of amides is 1. The van der Waals surface area contributed by atoms with Gasteiger partial charge in [-0.3, -0.25) is 4.79 Å². The van der Waals surface area contributed by atoms with E-state index in [-0.39, 0.29) is 34.5 Å². The summed E-state index contributed by atoms with van der Waals surface area (Å²) in [7, 11) is 0. The molecule has 10 heteroatoms. The first-order valence-corrected chi connectivity index (χ1v) is 9.40. The molecule has 2 heterocycles. The number of carbonyl (C=O) groups excluding carboxylic acids is 2. The number of aryl methyl sites for hydroxylation is 2. The molecule has 2 aromatic heterocycles. The van der Waals surface area contributed by atoms with Crippen molar-refractivity contribution in [3.05, 3.63) is 63.0 Å².